The van der Waals surface area contributed by atoms with E-state index >= 15 is 0 Å². The van der Waals surface area contributed by atoms with Crippen LogP contribution in [0.3, 0.4) is 0 Å². The normalized spacial score (nSPS) is 11.3. The van der Waals surface area contributed by atoms with Crippen LogP contribution < -0.4 is 9.64 Å². The molecule has 138 valence electrons. The van der Waals surface area contributed by atoms with Crippen molar-refractivity contribution in [3.63, 3.8) is 0 Å². The second-order valence-corrected chi connectivity index (χ2v) is 7.40. The number of anilines is 1. The molecule has 2 aromatic heterocycles. The van der Waals surface area contributed by atoms with Crippen molar-refractivity contribution >= 4 is 44.2 Å². The highest BCUT2D eigenvalue weighted by molar-refractivity contribution is 7.23. The van der Waals surface area contributed by atoms with Crippen molar-refractivity contribution in [1.29, 1.82) is 0 Å². The molecular weight excluding hydrogens is 374 g/mol. The number of carbonyl (C=O) groups excluding carboxylic acids is 1. The number of thiazole rings is 1. The van der Waals surface area contributed by atoms with Gasteiger partial charge in [0.15, 0.2) is 10.9 Å². The van der Waals surface area contributed by atoms with Crippen molar-refractivity contribution in [2.24, 2.45) is 0 Å². The third-order valence-corrected chi connectivity index (χ3v) is 5.40. The summed E-state index contributed by atoms with van der Waals surface area (Å²) < 4.78 is 11.5. The summed E-state index contributed by atoms with van der Waals surface area (Å²) in [7, 11) is 5.59. The number of nitrogens with zero attached hydrogens (tertiary/aromatic N) is 3. The molecule has 0 saturated carbocycles. The summed E-state index contributed by atoms with van der Waals surface area (Å²) in [4.78, 5) is 21.3. The van der Waals surface area contributed by atoms with Gasteiger partial charge < -0.3 is 14.1 Å². The molecule has 0 aliphatic carbocycles. The Hall–Kier alpha value is -2.09. The van der Waals surface area contributed by atoms with E-state index < -0.39 is 0 Å². The van der Waals surface area contributed by atoms with E-state index in [9.17, 15) is 4.79 Å². The second-order valence-electron chi connectivity index (χ2n) is 6.01. The molecule has 0 aliphatic heterocycles. The van der Waals surface area contributed by atoms with E-state index in [1.807, 2.05) is 14.1 Å². The standard InChI is InChI=1S/C18H20ClN3O3S/c1-21(2)9-5-10-22(17(23)14-6-4-11-25-14)18-20-15-13(24-3)8-7-12(19)16(15)26-18/h4,6-8,11H,5,9-10H2,1-3H3. The van der Waals surface area contributed by atoms with Crippen molar-refractivity contribution in [3.8, 4) is 5.75 Å². The molecule has 0 atom stereocenters. The van der Waals surface area contributed by atoms with Gasteiger partial charge in [-0.15, -0.1) is 0 Å². The van der Waals surface area contributed by atoms with Crippen LogP contribution in [0.1, 0.15) is 17.0 Å². The number of furan rings is 1. The number of fused-ring (bicyclic) bond motifs is 1. The molecule has 0 N–H and O–H groups in total. The molecule has 0 radical (unpaired) electrons. The molecule has 0 fully saturated rings. The fourth-order valence-corrected chi connectivity index (χ4v) is 3.86. The predicted octanol–water partition coefficient (Wildman–Crippen LogP) is 4.15. The molecule has 8 heteroatoms. The first-order valence-corrected chi connectivity index (χ1v) is 9.34. The third-order valence-electron chi connectivity index (χ3n) is 3.86. The van der Waals surface area contributed by atoms with Gasteiger partial charge in [-0.25, -0.2) is 4.98 Å². The Morgan fingerprint density at radius 3 is 2.77 bits per heavy atom. The number of hydrogen-bond donors (Lipinski definition) is 0. The van der Waals surface area contributed by atoms with Crippen molar-refractivity contribution in [1.82, 2.24) is 9.88 Å². The van der Waals surface area contributed by atoms with Gasteiger partial charge >= 0.3 is 0 Å². The topological polar surface area (TPSA) is 58.8 Å². The summed E-state index contributed by atoms with van der Waals surface area (Å²) in [6, 6.07) is 6.90. The maximum absolute atomic E-state index is 12.9. The monoisotopic (exact) mass is 393 g/mol. The molecule has 3 aromatic rings. The molecule has 26 heavy (non-hydrogen) atoms. The number of ether oxygens (including phenoxy) is 1. The van der Waals surface area contributed by atoms with Gasteiger partial charge in [-0.05, 0) is 51.3 Å². The van der Waals surface area contributed by atoms with Crippen molar-refractivity contribution < 1.29 is 13.9 Å². The van der Waals surface area contributed by atoms with Crippen LogP contribution in [0.15, 0.2) is 34.9 Å². The molecule has 6 nitrogen and oxygen atoms in total. The van der Waals surface area contributed by atoms with Gasteiger partial charge in [0.25, 0.3) is 5.91 Å². The van der Waals surface area contributed by atoms with Crippen LogP contribution >= 0.6 is 22.9 Å². The van der Waals surface area contributed by atoms with Gasteiger partial charge in [0.05, 0.1) is 23.1 Å². The first kappa shape index (κ1) is 18.7. The minimum Gasteiger partial charge on any atom is -0.494 e. The fraction of sp³-hybridized carbons (Fsp3) is 0.333. The largest absolute Gasteiger partial charge is 0.494 e. The van der Waals surface area contributed by atoms with E-state index in [0.717, 1.165) is 17.7 Å². The molecule has 0 bridgehead atoms. The molecule has 0 spiro atoms. The number of carbonyl (C=O) groups is 1. The number of amides is 1. The lowest BCUT2D eigenvalue weighted by Gasteiger charge is -2.19. The van der Waals surface area contributed by atoms with Gasteiger partial charge in [-0.1, -0.05) is 22.9 Å². The Kier molecular flexibility index (Phi) is 5.80. The van der Waals surface area contributed by atoms with E-state index in [0.29, 0.717) is 28.0 Å². The van der Waals surface area contributed by atoms with Crippen LogP contribution in [0.2, 0.25) is 5.02 Å². The Morgan fingerprint density at radius 2 is 2.12 bits per heavy atom. The second kappa shape index (κ2) is 8.07. The summed E-state index contributed by atoms with van der Waals surface area (Å²) in [5, 5.41) is 1.16. The Balaban J connectivity index is 1.99. The number of rotatable bonds is 7. The third kappa shape index (κ3) is 3.85. The maximum atomic E-state index is 12.9. The molecule has 3 rings (SSSR count). The van der Waals surface area contributed by atoms with Crippen LogP contribution in [-0.4, -0.2) is 50.1 Å². The number of methoxy groups -OCH3 is 1. The quantitative estimate of drug-likeness (QED) is 0.603. The average Bonchev–Trinajstić information content (AvgIpc) is 3.28. The molecule has 0 aliphatic rings. The molecule has 1 aromatic carbocycles. The minimum atomic E-state index is -0.220. The zero-order chi connectivity index (χ0) is 18.7. The molecule has 0 saturated heterocycles. The molecule has 0 unspecified atom stereocenters. The molecule has 2 heterocycles. The lowest BCUT2D eigenvalue weighted by atomic mass is 10.3. The predicted molar refractivity (Wildman–Crippen MR) is 105 cm³/mol. The highest BCUT2D eigenvalue weighted by Gasteiger charge is 2.24. The SMILES string of the molecule is COc1ccc(Cl)c2sc(N(CCCN(C)C)C(=O)c3ccco3)nc12. The lowest BCUT2D eigenvalue weighted by Crippen LogP contribution is -2.33. The molecule has 1 amide bonds. The van der Waals surface area contributed by atoms with Crippen LogP contribution in [-0.2, 0) is 0 Å². The van der Waals surface area contributed by atoms with Crippen LogP contribution in [0, 0.1) is 0 Å². The summed E-state index contributed by atoms with van der Waals surface area (Å²) in [5.41, 5.74) is 0.657. The Morgan fingerprint density at radius 1 is 1.31 bits per heavy atom. The molecular formula is C18H20ClN3O3S. The zero-order valence-electron chi connectivity index (χ0n) is 14.9. The van der Waals surface area contributed by atoms with E-state index in [1.165, 1.54) is 17.6 Å². The van der Waals surface area contributed by atoms with E-state index in [4.69, 9.17) is 20.8 Å². The van der Waals surface area contributed by atoms with Gasteiger partial charge in [-0.3, -0.25) is 9.69 Å². The highest BCUT2D eigenvalue weighted by Crippen LogP contribution is 2.39. The van der Waals surface area contributed by atoms with Crippen LogP contribution in [0.5, 0.6) is 5.75 Å². The van der Waals surface area contributed by atoms with Crippen molar-refractivity contribution in [3.05, 3.63) is 41.3 Å². The van der Waals surface area contributed by atoms with E-state index in [-0.39, 0.29) is 11.7 Å². The number of halogens is 1. The van der Waals surface area contributed by atoms with Gasteiger partial charge in [0, 0.05) is 6.54 Å². The maximum Gasteiger partial charge on any atom is 0.295 e. The number of hydrogen-bond acceptors (Lipinski definition) is 6. The average molecular weight is 394 g/mol. The van der Waals surface area contributed by atoms with Crippen LogP contribution in [0.25, 0.3) is 10.2 Å². The Bertz CT molecular complexity index is 893. The Labute approximate surface area is 160 Å². The van der Waals surface area contributed by atoms with Crippen molar-refractivity contribution in [2.45, 2.75) is 6.42 Å². The smallest absolute Gasteiger partial charge is 0.295 e. The minimum absolute atomic E-state index is 0.220. The summed E-state index contributed by atoms with van der Waals surface area (Å²) >= 11 is 7.69. The summed E-state index contributed by atoms with van der Waals surface area (Å²) in [6.07, 6.45) is 2.30. The number of aromatic nitrogens is 1. The van der Waals surface area contributed by atoms with E-state index in [1.54, 1.807) is 36.3 Å². The number of benzene rings is 1. The van der Waals surface area contributed by atoms with E-state index in [2.05, 4.69) is 9.88 Å². The first-order valence-electron chi connectivity index (χ1n) is 8.14. The lowest BCUT2D eigenvalue weighted by molar-refractivity contribution is 0.0959. The highest BCUT2D eigenvalue weighted by atomic mass is 35.5. The van der Waals surface area contributed by atoms with Crippen molar-refractivity contribution in [2.75, 3.05) is 39.2 Å². The first-order chi connectivity index (χ1) is 12.5. The van der Waals surface area contributed by atoms with Gasteiger partial charge in [-0.2, -0.15) is 0 Å². The summed E-state index contributed by atoms with van der Waals surface area (Å²) in [5.74, 6) is 0.695. The van der Waals surface area contributed by atoms with Crippen LogP contribution in [0.4, 0.5) is 5.13 Å². The fourth-order valence-electron chi connectivity index (χ4n) is 2.58. The van der Waals surface area contributed by atoms with Gasteiger partial charge in [0.1, 0.15) is 11.3 Å². The summed E-state index contributed by atoms with van der Waals surface area (Å²) in [6.45, 7) is 1.38. The van der Waals surface area contributed by atoms with Gasteiger partial charge in [0.2, 0.25) is 0 Å². The zero-order valence-corrected chi connectivity index (χ0v) is 16.4.